The largest absolute Gasteiger partial charge is 2.00 e. The molecule has 0 heterocycles. The van der Waals surface area contributed by atoms with E-state index < -0.39 is 13.6 Å². The minimum atomic E-state index is -5.75. The van der Waals surface area contributed by atoms with Crippen molar-refractivity contribution in [3.63, 3.8) is 0 Å². The van der Waals surface area contributed by atoms with E-state index >= 15 is 0 Å². The predicted octanol–water partition coefficient (Wildman–Crippen LogP) is -2.74. The van der Waals surface area contributed by atoms with Crippen LogP contribution < -0.4 is 8.32 Å². The third-order valence-electron chi connectivity index (χ3n) is 0. The Balaban J connectivity index is -0.0000000267. The van der Waals surface area contributed by atoms with Gasteiger partial charge < -0.3 is 5.48 Å². The Kier molecular flexibility index (Phi) is 23.4. The molecule has 0 radical (unpaired) electrons. The summed E-state index contributed by atoms with van der Waals surface area (Å²) in [5.41, 5.74) is 0. The molecule has 0 aromatic rings. The van der Waals surface area contributed by atoms with Crippen LogP contribution in [0.4, 0.5) is 0 Å². The van der Waals surface area contributed by atoms with Gasteiger partial charge in [-0.2, -0.15) is 0 Å². The zero-order chi connectivity index (χ0) is 4.50. The Morgan fingerprint density at radius 3 is 1.12 bits per heavy atom. The van der Waals surface area contributed by atoms with Gasteiger partial charge in [-0.15, -0.1) is 0 Å². The maximum absolute atomic E-state index is 8.59. The molecule has 0 unspecified atom stereocenters. The summed E-state index contributed by atoms with van der Waals surface area (Å²) in [6, 6.07) is 0. The predicted molar refractivity (Wildman–Crippen MR) is 2.06 cm³/mol. The van der Waals surface area contributed by atoms with Crippen LogP contribution in [-0.4, -0.2) is 0 Å². The summed E-state index contributed by atoms with van der Waals surface area (Å²) >= 11 is -5.75. The summed E-state index contributed by atoms with van der Waals surface area (Å²) in [5.74, 6) is 0. The molecule has 0 aromatic heterocycles. The normalized spacial score (nSPS) is 7.25. The van der Waals surface area contributed by atoms with E-state index in [1.807, 2.05) is 0 Å². The van der Waals surface area contributed by atoms with Gasteiger partial charge in [-0.3, -0.25) is 0 Å². The molecule has 0 aliphatic carbocycles. The van der Waals surface area contributed by atoms with Gasteiger partial charge in [-0.05, 0) is 0 Å². The third kappa shape index (κ3) is 203. The third-order valence-corrected chi connectivity index (χ3v) is 0. The van der Waals surface area contributed by atoms with Crippen molar-refractivity contribution in [2.24, 2.45) is 0 Å². The van der Waals surface area contributed by atoms with Crippen molar-refractivity contribution in [2.45, 2.75) is 0 Å². The second kappa shape index (κ2) is 8.16. The molecule has 0 saturated heterocycles. The zero-order valence-corrected chi connectivity index (χ0v) is 8.86. The molecule has 0 N–H and O–H groups in total. The van der Waals surface area contributed by atoms with Crippen LogP contribution in [0.3, 0.4) is 0 Å². The SMILES string of the molecule is [Fe+2].[O-2].[O]=[Cr](=[O])([O-])[O-].[Zn+2]. The average molecular weight is 253 g/mol. The molecule has 46 valence electrons. The van der Waals surface area contributed by atoms with Crippen LogP contribution in [0.1, 0.15) is 0 Å². The van der Waals surface area contributed by atoms with E-state index in [0.717, 1.165) is 0 Å². The monoisotopic (exact) mass is 252 g/mol. The molecule has 0 fully saturated rings. The Morgan fingerprint density at radius 1 is 1.12 bits per heavy atom. The molecule has 0 aliphatic heterocycles. The second-order valence-electron chi connectivity index (χ2n) is 0.408. The molecular weight excluding hydrogens is 253 g/mol. The molecule has 0 spiro atoms. The van der Waals surface area contributed by atoms with Gasteiger partial charge >= 0.3 is 66.1 Å². The van der Waals surface area contributed by atoms with Crippen molar-refractivity contribution in [3.8, 4) is 0 Å². The van der Waals surface area contributed by atoms with Crippen molar-refractivity contribution in [1.29, 1.82) is 0 Å². The van der Waals surface area contributed by atoms with E-state index in [2.05, 4.69) is 0 Å². The van der Waals surface area contributed by atoms with Crippen LogP contribution in [-0.2, 0) is 63.2 Å². The van der Waals surface area contributed by atoms with Gasteiger partial charge in [-0.25, -0.2) is 0 Å². The number of rotatable bonds is 0. The van der Waals surface area contributed by atoms with Gasteiger partial charge in [0.1, 0.15) is 0 Å². The van der Waals surface area contributed by atoms with E-state index in [4.69, 9.17) is 15.9 Å². The molecule has 0 rings (SSSR count). The molecule has 8 heteroatoms. The fraction of sp³-hybridized carbons (Fsp3) is 0. The molecule has 0 bridgehead atoms. The maximum Gasteiger partial charge on any atom is 2.00 e. The van der Waals surface area contributed by atoms with E-state index in [9.17, 15) is 0 Å². The summed E-state index contributed by atoms with van der Waals surface area (Å²) in [6.07, 6.45) is 0. The minimum absolute atomic E-state index is 0. The molecule has 0 aliphatic rings. The quantitative estimate of drug-likeness (QED) is 0.436. The van der Waals surface area contributed by atoms with Crippen LogP contribution >= 0.6 is 0 Å². The van der Waals surface area contributed by atoms with Crippen molar-refractivity contribution in [2.75, 3.05) is 0 Å². The van der Waals surface area contributed by atoms with Crippen LogP contribution in [0.15, 0.2) is 0 Å². The summed E-state index contributed by atoms with van der Waals surface area (Å²) in [5, 5.41) is 0. The first kappa shape index (κ1) is 22.9. The van der Waals surface area contributed by atoms with E-state index in [0.29, 0.717) is 0 Å². The Bertz CT molecular complexity index is 95.6. The Morgan fingerprint density at radius 2 is 1.12 bits per heavy atom. The zero-order valence-electron chi connectivity index (χ0n) is 3.51. The van der Waals surface area contributed by atoms with E-state index in [1.165, 1.54) is 0 Å². The molecule has 0 saturated carbocycles. The Labute approximate surface area is 71.4 Å². The number of hydrogen-bond donors (Lipinski definition) is 0. The van der Waals surface area contributed by atoms with Crippen molar-refractivity contribution in [1.82, 2.24) is 0 Å². The van der Waals surface area contributed by atoms with Gasteiger partial charge in [0.2, 0.25) is 0 Å². The Hall–Kier alpha value is 1.16. The first-order chi connectivity index (χ1) is 2.00. The van der Waals surface area contributed by atoms with Crippen LogP contribution in [0.2, 0.25) is 0 Å². The summed E-state index contributed by atoms with van der Waals surface area (Å²) in [6.45, 7) is 0. The molecular formula is CrFeO5Zn. The van der Waals surface area contributed by atoms with E-state index in [-0.39, 0.29) is 42.0 Å². The summed E-state index contributed by atoms with van der Waals surface area (Å²) in [4.78, 5) is 0. The van der Waals surface area contributed by atoms with Crippen LogP contribution in [0.5, 0.6) is 0 Å². The average Bonchev–Trinajstić information content (AvgIpc) is 0.722. The molecule has 5 nitrogen and oxygen atoms in total. The van der Waals surface area contributed by atoms with Crippen molar-refractivity contribution in [3.05, 3.63) is 0 Å². The maximum atomic E-state index is 8.59. The van der Waals surface area contributed by atoms with Gasteiger partial charge in [0.05, 0.1) is 0 Å². The smallest absolute Gasteiger partial charge is 2.00 e. The fourth-order valence-electron chi connectivity index (χ4n) is 0. The van der Waals surface area contributed by atoms with Gasteiger partial charge in [0.25, 0.3) is 0 Å². The van der Waals surface area contributed by atoms with E-state index in [1.54, 1.807) is 0 Å². The second-order valence-corrected chi connectivity index (χ2v) is 1.68. The van der Waals surface area contributed by atoms with Crippen LogP contribution in [0, 0.1) is 0 Å². The first-order valence-corrected chi connectivity index (χ1v) is 2.75. The van der Waals surface area contributed by atoms with Gasteiger partial charge in [0.15, 0.2) is 0 Å². The summed E-state index contributed by atoms with van der Waals surface area (Å²) in [7, 11) is 0. The van der Waals surface area contributed by atoms with Crippen molar-refractivity contribution >= 4 is 0 Å². The topological polar surface area (TPSA) is 109 Å². The first-order valence-electron chi connectivity index (χ1n) is 0.667. The fourth-order valence-corrected chi connectivity index (χ4v) is 0. The standard InChI is InChI=1S/Cr.Fe.5O.Zn/q;+2;;;-2;2*-1;+2. The summed E-state index contributed by atoms with van der Waals surface area (Å²) < 4.78 is 34.4. The molecule has 0 aromatic carbocycles. The molecule has 8 heavy (non-hydrogen) atoms. The van der Waals surface area contributed by atoms with Gasteiger partial charge in [0, 0.05) is 0 Å². The van der Waals surface area contributed by atoms with Gasteiger partial charge in [-0.1, -0.05) is 0 Å². The van der Waals surface area contributed by atoms with Crippen molar-refractivity contribution < 1.29 is 71.6 Å². The number of hydrogen-bond acceptors (Lipinski definition) is 4. The molecule has 0 atom stereocenters. The minimum Gasteiger partial charge on any atom is 2.00 e. The molecule has 0 amide bonds. The van der Waals surface area contributed by atoms with Crippen LogP contribution in [0.25, 0.3) is 0 Å².